The van der Waals surface area contributed by atoms with E-state index >= 15 is 0 Å². The van der Waals surface area contributed by atoms with Gasteiger partial charge in [0, 0.05) is 26.1 Å². The molecule has 1 aromatic rings. The van der Waals surface area contributed by atoms with Gasteiger partial charge in [-0.1, -0.05) is 32.0 Å². The lowest BCUT2D eigenvalue weighted by atomic mass is 10.2. The van der Waals surface area contributed by atoms with E-state index in [9.17, 15) is 0 Å². The van der Waals surface area contributed by atoms with Gasteiger partial charge in [-0.3, -0.25) is 10.3 Å². The minimum atomic E-state index is 0.248. The van der Waals surface area contributed by atoms with Crippen molar-refractivity contribution in [2.75, 3.05) is 26.2 Å². The minimum Gasteiger partial charge on any atom is -0.492 e. The number of amidine groups is 1. The lowest BCUT2D eigenvalue weighted by Gasteiger charge is -2.24. The van der Waals surface area contributed by atoms with E-state index in [1.807, 2.05) is 30.3 Å². The smallest absolute Gasteiger partial charge is 0.119 e. The van der Waals surface area contributed by atoms with Crippen LogP contribution in [-0.4, -0.2) is 37.0 Å². The molecule has 0 unspecified atom stereocenters. The quantitative estimate of drug-likeness (QED) is 0.531. The Morgan fingerprint density at radius 2 is 1.95 bits per heavy atom. The zero-order chi connectivity index (χ0) is 14.1. The maximum Gasteiger partial charge on any atom is 0.119 e. The predicted molar refractivity (Wildman–Crippen MR) is 79.7 cm³/mol. The number of rotatable bonds is 9. The van der Waals surface area contributed by atoms with Crippen LogP contribution < -0.4 is 10.5 Å². The van der Waals surface area contributed by atoms with E-state index in [1.54, 1.807) is 0 Å². The number of nitrogens with two attached hydrogens (primary N) is 1. The Balaban J connectivity index is 2.33. The largest absolute Gasteiger partial charge is 0.492 e. The number of benzene rings is 1. The molecule has 0 atom stereocenters. The summed E-state index contributed by atoms with van der Waals surface area (Å²) >= 11 is 0. The maximum absolute atomic E-state index is 7.30. The zero-order valence-electron chi connectivity index (χ0n) is 11.9. The van der Waals surface area contributed by atoms with Crippen molar-refractivity contribution in [1.29, 1.82) is 5.41 Å². The monoisotopic (exact) mass is 263 g/mol. The highest BCUT2D eigenvalue weighted by atomic mass is 16.5. The van der Waals surface area contributed by atoms with Gasteiger partial charge in [-0.05, 0) is 18.1 Å². The van der Waals surface area contributed by atoms with Crippen molar-refractivity contribution in [2.45, 2.75) is 20.3 Å². The highest BCUT2D eigenvalue weighted by Crippen LogP contribution is 2.08. The molecule has 0 radical (unpaired) electrons. The van der Waals surface area contributed by atoms with Crippen molar-refractivity contribution in [3.05, 3.63) is 30.3 Å². The van der Waals surface area contributed by atoms with Crippen molar-refractivity contribution < 1.29 is 4.74 Å². The van der Waals surface area contributed by atoms with Crippen molar-refractivity contribution >= 4 is 5.84 Å². The molecule has 4 heteroatoms. The number of hydrogen-bond donors (Lipinski definition) is 2. The normalized spacial score (nSPS) is 10.9. The summed E-state index contributed by atoms with van der Waals surface area (Å²) in [6, 6.07) is 9.84. The van der Waals surface area contributed by atoms with E-state index < -0.39 is 0 Å². The third kappa shape index (κ3) is 7.47. The SMILES string of the molecule is CC(C)CN(CCOc1ccccc1)CCC(=N)N. The first-order chi connectivity index (χ1) is 9.08. The van der Waals surface area contributed by atoms with Crippen LogP contribution in [0.5, 0.6) is 5.75 Å². The van der Waals surface area contributed by atoms with Gasteiger partial charge in [0.05, 0.1) is 5.84 Å². The van der Waals surface area contributed by atoms with Crippen molar-refractivity contribution in [3.8, 4) is 5.75 Å². The highest BCUT2D eigenvalue weighted by molar-refractivity contribution is 5.76. The first kappa shape index (κ1) is 15.5. The molecule has 1 rings (SSSR count). The molecule has 3 N–H and O–H groups in total. The van der Waals surface area contributed by atoms with Gasteiger partial charge in [-0.15, -0.1) is 0 Å². The molecule has 0 saturated carbocycles. The summed E-state index contributed by atoms with van der Waals surface area (Å²) in [5, 5.41) is 7.30. The van der Waals surface area contributed by atoms with E-state index in [2.05, 4.69) is 18.7 Å². The van der Waals surface area contributed by atoms with Crippen molar-refractivity contribution in [3.63, 3.8) is 0 Å². The first-order valence-electron chi connectivity index (χ1n) is 6.81. The van der Waals surface area contributed by atoms with Crippen LogP contribution in [0.3, 0.4) is 0 Å². The van der Waals surface area contributed by atoms with Gasteiger partial charge in [0.2, 0.25) is 0 Å². The molecule has 0 aliphatic carbocycles. The Hall–Kier alpha value is -1.55. The van der Waals surface area contributed by atoms with Crippen LogP contribution in [0.1, 0.15) is 20.3 Å². The summed E-state index contributed by atoms with van der Waals surface area (Å²) in [4.78, 5) is 2.30. The van der Waals surface area contributed by atoms with Gasteiger partial charge in [0.1, 0.15) is 12.4 Å². The minimum absolute atomic E-state index is 0.248. The fourth-order valence-electron chi connectivity index (χ4n) is 1.90. The Kier molecular flexibility index (Phi) is 6.97. The fourth-order valence-corrected chi connectivity index (χ4v) is 1.90. The third-order valence-corrected chi connectivity index (χ3v) is 2.74. The number of ether oxygens (including phenoxy) is 1. The molecule has 0 spiro atoms. The van der Waals surface area contributed by atoms with Crippen LogP contribution >= 0.6 is 0 Å². The van der Waals surface area contributed by atoms with Crippen LogP contribution in [0.4, 0.5) is 0 Å². The summed E-state index contributed by atoms with van der Waals surface area (Å²) in [5.41, 5.74) is 5.42. The Labute approximate surface area is 116 Å². The number of hydrogen-bond acceptors (Lipinski definition) is 3. The zero-order valence-corrected chi connectivity index (χ0v) is 11.9. The summed E-state index contributed by atoms with van der Waals surface area (Å²) in [5.74, 6) is 1.75. The summed E-state index contributed by atoms with van der Waals surface area (Å²) in [7, 11) is 0. The molecular weight excluding hydrogens is 238 g/mol. The molecule has 0 saturated heterocycles. The van der Waals surface area contributed by atoms with Gasteiger partial charge in [-0.25, -0.2) is 0 Å². The summed E-state index contributed by atoms with van der Waals surface area (Å²) in [6.45, 7) is 7.74. The molecule has 0 amide bonds. The molecule has 19 heavy (non-hydrogen) atoms. The van der Waals surface area contributed by atoms with Crippen LogP contribution in [-0.2, 0) is 0 Å². The predicted octanol–water partition coefficient (Wildman–Crippen LogP) is 2.35. The third-order valence-electron chi connectivity index (χ3n) is 2.74. The second-order valence-electron chi connectivity index (χ2n) is 5.13. The average Bonchev–Trinajstić information content (AvgIpc) is 2.36. The van der Waals surface area contributed by atoms with Gasteiger partial charge in [0.25, 0.3) is 0 Å². The lowest BCUT2D eigenvalue weighted by Crippen LogP contribution is -2.34. The average molecular weight is 263 g/mol. The maximum atomic E-state index is 7.30. The molecule has 0 fully saturated rings. The number of para-hydroxylation sites is 1. The molecular formula is C15H25N3O. The first-order valence-corrected chi connectivity index (χ1v) is 6.81. The van der Waals surface area contributed by atoms with Crippen LogP contribution in [0.25, 0.3) is 0 Å². The molecule has 1 aromatic carbocycles. The molecule has 0 bridgehead atoms. The van der Waals surface area contributed by atoms with Crippen LogP contribution in [0.2, 0.25) is 0 Å². The topological polar surface area (TPSA) is 62.3 Å². The lowest BCUT2D eigenvalue weighted by molar-refractivity contribution is 0.196. The van der Waals surface area contributed by atoms with Gasteiger partial charge >= 0.3 is 0 Å². The van der Waals surface area contributed by atoms with E-state index in [-0.39, 0.29) is 5.84 Å². The number of nitrogens with zero attached hydrogens (tertiary/aromatic N) is 1. The van der Waals surface area contributed by atoms with E-state index in [4.69, 9.17) is 15.9 Å². The van der Waals surface area contributed by atoms with Gasteiger partial charge < -0.3 is 10.5 Å². The molecule has 0 aliphatic heterocycles. The van der Waals surface area contributed by atoms with Gasteiger partial charge in [0.15, 0.2) is 0 Å². The molecule has 0 aromatic heterocycles. The summed E-state index contributed by atoms with van der Waals surface area (Å²) in [6.07, 6.45) is 0.623. The fraction of sp³-hybridized carbons (Fsp3) is 0.533. The molecule has 106 valence electrons. The van der Waals surface area contributed by atoms with Crippen LogP contribution in [0, 0.1) is 11.3 Å². The van der Waals surface area contributed by atoms with Crippen molar-refractivity contribution in [1.82, 2.24) is 4.90 Å². The molecule has 0 heterocycles. The van der Waals surface area contributed by atoms with Crippen molar-refractivity contribution in [2.24, 2.45) is 11.7 Å². The second-order valence-corrected chi connectivity index (χ2v) is 5.13. The molecule has 4 nitrogen and oxygen atoms in total. The van der Waals surface area contributed by atoms with E-state index in [0.29, 0.717) is 18.9 Å². The van der Waals surface area contributed by atoms with E-state index in [1.165, 1.54) is 0 Å². The Morgan fingerprint density at radius 3 is 2.53 bits per heavy atom. The second kappa shape index (κ2) is 8.53. The summed E-state index contributed by atoms with van der Waals surface area (Å²) < 4.78 is 5.70. The van der Waals surface area contributed by atoms with E-state index in [0.717, 1.165) is 25.4 Å². The number of nitrogens with one attached hydrogen (secondary N) is 1. The highest BCUT2D eigenvalue weighted by Gasteiger charge is 2.08. The standard InChI is InChI=1S/C15H25N3O/c1-13(2)12-18(9-8-15(16)17)10-11-19-14-6-4-3-5-7-14/h3-7,13H,8-12H2,1-2H3,(H3,16,17). The Morgan fingerprint density at radius 1 is 1.26 bits per heavy atom. The van der Waals surface area contributed by atoms with Gasteiger partial charge in [-0.2, -0.15) is 0 Å². The van der Waals surface area contributed by atoms with Crippen LogP contribution in [0.15, 0.2) is 30.3 Å². The Bertz CT molecular complexity index is 365. The molecule has 0 aliphatic rings.